The Hall–Kier alpha value is -2.95. The van der Waals surface area contributed by atoms with Crippen LogP contribution in [0.2, 0.25) is 0 Å². The fourth-order valence-corrected chi connectivity index (χ4v) is 4.12. The molecule has 2 aliphatic heterocycles. The molecule has 2 aromatic carbocycles. The highest BCUT2D eigenvalue weighted by Crippen LogP contribution is 2.26. The largest absolute Gasteiger partial charge is 0.339 e. The van der Waals surface area contributed by atoms with E-state index in [0.717, 1.165) is 43.7 Å². The van der Waals surface area contributed by atoms with Crippen LogP contribution in [0, 0.1) is 5.92 Å². The molecule has 0 bridgehead atoms. The Bertz CT molecular complexity index is 915. The number of rotatable bonds is 4. The average molecular weight is 376 g/mol. The van der Waals surface area contributed by atoms with Gasteiger partial charge in [-0.15, -0.1) is 0 Å². The van der Waals surface area contributed by atoms with Crippen LogP contribution in [0.4, 0.5) is 0 Å². The first-order valence-electron chi connectivity index (χ1n) is 9.84. The second-order valence-electron chi connectivity index (χ2n) is 7.69. The number of likely N-dealkylation sites (tertiary alicyclic amines) is 1. The van der Waals surface area contributed by atoms with Crippen LogP contribution in [0.3, 0.4) is 0 Å². The number of amides is 3. The Kier molecular flexibility index (Phi) is 4.99. The normalized spacial score (nSPS) is 17.2. The number of carbonyl (C=O) groups excluding carboxylic acids is 3. The number of nitrogens with zero attached hydrogens (tertiary/aromatic N) is 2. The molecular weight excluding hydrogens is 352 g/mol. The Balaban J connectivity index is 1.36. The molecule has 1 fully saturated rings. The minimum absolute atomic E-state index is 0.0564. The fourth-order valence-electron chi connectivity index (χ4n) is 4.12. The molecule has 5 heteroatoms. The van der Waals surface area contributed by atoms with Gasteiger partial charge in [0, 0.05) is 25.7 Å². The van der Waals surface area contributed by atoms with Crippen LogP contribution in [0.15, 0.2) is 48.5 Å². The van der Waals surface area contributed by atoms with Crippen molar-refractivity contribution in [3.63, 3.8) is 0 Å². The van der Waals surface area contributed by atoms with Crippen LogP contribution in [0.1, 0.15) is 55.9 Å². The second kappa shape index (κ2) is 7.58. The predicted octanol–water partition coefficient (Wildman–Crippen LogP) is 3.40. The Morgan fingerprint density at radius 2 is 1.64 bits per heavy atom. The first-order valence-corrected chi connectivity index (χ1v) is 9.84. The highest BCUT2D eigenvalue weighted by molar-refractivity contribution is 6.21. The van der Waals surface area contributed by atoms with Gasteiger partial charge in [-0.25, -0.2) is 0 Å². The lowest BCUT2D eigenvalue weighted by Crippen LogP contribution is -2.38. The summed E-state index contributed by atoms with van der Waals surface area (Å²) in [5, 5.41) is 0. The molecule has 0 unspecified atom stereocenters. The van der Waals surface area contributed by atoms with Crippen molar-refractivity contribution in [2.45, 2.75) is 25.7 Å². The summed E-state index contributed by atoms with van der Waals surface area (Å²) in [5.41, 5.74) is 2.56. The van der Waals surface area contributed by atoms with Gasteiger partial charge < -0.3 is 4.90 Å². The SMILES string of the molecule is CN1C(=O)c2ccc(C(=O)N3CCC(CCc4ccccc4)CC3)cc2C1=O. The van der Waals surface area contributed by atoms with E-state index in [1.807, 2.05) is 11.0 Å². The van der Waals surface area contributed by atoms with E-state index in [1.54, 1.807) is 18.2 Å². The van der Waals surface area contributed by atoms with E-state index in [1.165, 1.54) is 12.6 Å². The number of hydrogen-bond acceptors (Lipinski definition) is 3. The molecule has 0 aliphatic carbocycles. The first-order chi connectivity index (χ1) is 13.5. The number of aryl methyl sites for hydroxylation is 1. The summed E-state index contributed by atoms with van der Waals surface area (Å²) in [5.74, 6) is -0.0660. The van der Waals surface area contributed by atoms with Crippen molar-refractivity contribution in [1.82, 2.24) is 9.80 Å². The first kappa shape index (κ1) is 18.4. The zero-order valence-corrected chi connectivity index (χ0v) is 16.1. The maximum absolute atomic E-state index is 12.9. The molecule has 0 radical (unpaired) electrons. The zero-order valence-electron chi connectivity index (χ0n) is 16.1. The second-order valence-corrected chi connectivity index (χ2v) is 7.69. The molecule has 0 atom stereocenters. The molecule has 3 amide bonds. The third-order valence-corrected chi connectivity index (χ3v) is 5.92. The van der Waals surface area contributed by atoms with E-state index < -0.39 is 0 Å². The van der Waals surface area contributed by atoms with E-state index in [-0.39, 0.29) is 17.7 Å². The van der Waals surface area contributed by atoms with Gasteiger partial charge in [-0.3, -0.25) is 19.3 Å². The molecule has 2 heterocycles. The standard InChI is InChI=1S/C23H24N2O3/c1-24-22(27)19-10-9-18(15-20(19)23(24)28)21(26)25-13-11-17(12-14-25)8-7-16-5-3-2-4-6-16/h2-6,9-10,15,17H,7-8,11-14H2,1H3. The molecule has 2 aromatic rings. The average Bonchev–Trinajstić information content (AvgIpc) is 2.96. The molecule has 2 aliphatic rings. The molecule has 0 saturated carbocycles. The van der Waals surface area contributed by atoms with Crippen molar-refractivity contribution in [3.05, 3.63) is 70.8 Å². The molecule has 0 spiro atoms. The van der Waals surface area contributed by atoms with Crippen LogP contribution in [-0.2, 0) is 6.42 Å². The van der Waals surface area contributed by atoms with Crippen LogP contribution >= 0.6 is 0 Å². The van der Waals surface area contributed by atoms with Gasteiger partial charge in [-0.1, -0.05) is 30.3 Å². The van der Waals surface area contributed by atoms with Crippen molar-refractivity contribution in [2.24, 2.45) is 5.92 Å². The van der Waals surface area contributed by atoms with Gasteiger partial charge in [0.2, 0.25) is 0 Å². The summed E-state index contributed by atoms with van der Waals surface area (Å²) < 4.78 is 0. The number of carbonyl (C=O) groups is 3. The minimum Gasteiger partial charge on any atom is -0.339 e. The summed E-state index contributed by atoms with van der Waals surface area (Å²) in [6.07, 6.45) is 4.23. The van der Waals surface area contributed by atoms with Gasteiger partial charge in [0.25, 0.3) is 17.7 Å². The monoisotopic (exact) mass is 376 g/mol. The molecule has 5 nitrogen and oxygen atoms in total. The van der Waals surface area contributed by atoms with E-state index in [0.29, 0.717) is 22.6 Å². The lowest BCUT2D eigenvalue weighted by Gasteiger charge is -2.32. The van der Waals surface area contributed by atoms with Gasteiger partial charge >= 0.3 is 0 Å². The third kappa shape index (κ3) is 3.44. The van der Waals surface area contributed by atoms with Crippen molar-refractivity contribution >= 4 is 17.7 Å². The van der Waals surface area contributed by atoms with E-state index >= 15 is 0 Å². The lowest BCUT2D eigenvalue weighted by atomic mass is 9.90. The van der Waals surface area contributed by atoms with Crippen LogP contribution in [-0.4, -0.2) is 47.7 Å². The smallest absolute Gasteiger partial charge is 0.261 e. The topological polar surface area (TPSA) is 57.7 Å². The van der Waals surface area contributed by atoms with Crippen molar-refractivity contribution in [1.29, 1.82) is 0 Å². The summed E-state index contributed by atoms with van der Waals surface area (Å²) >= 11 is 0. The third-order valence-electron chi connectivity index (χ3n) is 5.92. The van der Waals surface area contributed by atoms with Gasteiger partial charge in [0.15, 0.2) is 0 Å². The molecule has 144 valence electrons. The van der Waals surface area contributed by atoms with Gasteiger partial charge in [-0.2, -0.15) is 0 Å². The maximum Gasteiger partial charge on any atom is 0.261 e. The quantitative estimate of drug-likeness (QED) is 0.769. The number of fused-ring (bicyclic) bond motifs is 1. The number of hydrogen-bond donors (Lipinski definition) is 0. The van der Waals surface area contributed by atoms with Crippen LogP contribution in [0.25, 0.3) is 0 Å². The predicted molar refractivity (Wildman–Crippen MR) is 106 cm³/mol. The zero-order chi connectivity index (χ0) is 19.7. The van der Waals surface area contributed by atoms with E-state index in [2.05, 4.69) is 24.3 Å². The van der Waals surface area contributed by atoms with Crippen LogP contribution in [0.5, 0.6) is 0 Å². The Morgan fingerprint density at radius 3 is 2.36 bits per heavy atom. The molecule has 0 aromatic heterocycles. The maximum atomic E-state index is 12.9. The van der Waals surface area contributed by atoms with Gasteiger partial charge in [-0.05, 0) is 55.4 Å². The van der Waals surface area contributed by atoms with Crippen molar-refractivity contribution < 1.29 is 14.4 Å². The van der Waals surface area contributed by atoms with E-state index in [9.17, 15) is 14.4 Å². The van der Waals surface area contributed by atoms with Gasteiger partial charge in [0.05, 0.1) is 11.1 Å². The fraction of sp³-hybridized carbons (Fsp3) is 0.348. The highest BCUT2D eigenvalue weighted by atomic mass is 16.2. The number of piperidine rings is 1. The van der Waals surface area contributed by atoms with Gasteiger partial charge in [0.1, 0.15) is 0 Å². The molecule has 28 heavy (non-hydrogen) atoms. The van der Waals surface area contributed by atoms with Crippen LogP contribution < -0.4 is 0 Å². The Labute approximate surface area is 164 Å². The van der Waals surface area contributed by atoms with E-state index in [4.69, 9.17) is 0 Å². The summed E-state index contributed by atoms with van der Waals surface area (Å²) in [4.78, 5) is 40.0. The summed E-state index contributed by atoms with van der Waals surface area (Å²) in [6, 6.07) is 15.3. The molecular formula is C23H24N2O3. The highest BCUT2D eigenvalue weighted by Gasteiger charge is 2.34. The number of benzene rings is 2. The summed E-state index contributed by atoms with van der Waals surface area (Å²) in [7, 11) is 1.46. The molecule has 1 saturated heterocycles. The Morgan fingerprint density at radius 1 is 0.964 bits per heavy atom. The molecule has 0 N–H and O–H groups in total. The van der Waals surface area contributed by atoms with Crippen molar-refractivity contribution in [3.8, 4) is 0 Å². The molecule has 4 rings (SSSR count). The lowest BCUT2D eigenvalue weighted by molar-refractivity contribution is 0.0682. The minimum atomic E-state index is -0.339. The summed E-state index contributed by atoms with van der Waals surface area (Å²) in [6.45, 7) is 1.48. The van der Waals surface area contributed by atoms with Crippen molar-refractivity contribution in [2.75, 3.05) is 20.1 Å². The number of imide groups is 1.